The molecule has 1 nitrogen and oxygen atoms in total. The van der Waals surface area contributed by atoms with E-state index < -0.39 is 16.4 Å². The van der Waals surface area contributed by atoms with Gasteiger partial charge in [-0.25, -0.2) is 0 Å². The zero-order valence-electron chi connectivity index (χ0n) is 11.8. The molecule has 0 rings (SSSR count). The van der Waals surface area contributed by atoms with Gasteiger partial charge >= 0.3 is 0 Å². The highest BCUT2D eigenvalue weighted by molar-refractivity contribution is 6.92. The molecule has 0 unspecified atom stereocenters. The van der Waals surface area contributed by atoms with E-state index in [9.17, 15) is 0 Å². The van der Waals surface area contributed by atoms with E-state index in [4.69, 9.17) is 4.43 Å². The fourth-order valence-electron chi connectivity index (χ4n) is 2.17. The van der Waals surface area contributed by atoms with Crippen LogP contribution in [0.15, 0.2) is 0 Å². The molecule has 92 valence electrons. The summed E-state index contributed by atoms with van der Waals surface area (Å²) in [4.78, 5) is 0. The predicted molar refractivity (Wildman–Crippen MR) is 75.7 cm³/mol. The molecule has 0 aliphatic rings. The highest BCUT2D eigenvalue weighted by Crippen LogP contribution is 2.21. The van der Waals surface area contributed by atoms with Gasteiger partial charge in [0.05, 0.1) is 0 Å². The van der Waals surface area contributed by atoms with Crippen molar-refractivity contribution in [3.8, 4) is 0 Å². The van der Waals surface area contributed by atoms with Crippen LogP contribution in [0.2, 0.25) is 38.4 Å². The Hall–Kier alpha value is 0.394. The first-order valence-corrected chi connectivity index (χ1v) is 13.1. The third-order valence-corrected chi connectivity index (χ3v) is 11.0. The molecule has 0 radical (unpaired) electrons. The second-order valence-corrected chi connectivity index (χ2v) is 17.2. The maximum absolute atomic E-state index is 6.13. The van der Waals surface area contributed by atoms with Gasteiger partial charge in [0.25, 0.3) is 0 Å². The molecule has 0 saturated carbocycles. The van der Waals surface area contributed by atoms with Gasteiger partial charge in [-0.15, -0.1) is 0 Å². The van der Waals surface area contributed by atoms with Crippen LogP contribution in [0.25, 0.3) is 0 Å². The van der Waals surface area contributed by atoms with E-state index in [0.717, 1.165) is 12.5 Å². The van der Waals surface area contributed by atoms with Crippen molar-refractivity contribution in [3.63, 3.8) is 0 Å². The van der Waals surface area contributed by atoms with Gasteiger partial charge in [-0.2, -0.15) is 0 Å². The molecule has 0 fully saturated rings. The lowest BCUT2D eigenvalue weighted by Crippen LogP contribution is -2.40. The lowest BCUT2D eigenvalue weighted by molar-refractivity contribution is 0.290. The summed E-state index contributed by atoms with van der Waals surface area (Å²) in [5, 5.41) is 0. The zero-order valence-corrected chi connectivity index (χ0v) is 13.8. The molecular formula is C12H30OSi2. The van der Waals surface area contributed by atoms with E-state index in [0.29, 0.717) is 0 Å². The Morgan fingerprint density at radius 3 is 1.93 bits per heavy atom. The van der Waals surface area contributed by atoms with Crippen LogP contribution in [-0.2, 0) is 4.43 Å². The lowest BCUT2D eigenvalue weighted by atomic mass is 10.1. The van der Waals surface area contributed by atoms with Gasteiger partial charge in [-0.3, -0.25) is 0 Å². The van der Waals surface area contributed by atoms with E-state index in [1.165, 1.54) is 18.5 Å². The average molecular weight is 247 g/mol. The normalized spacial score (nSPS) is 13.6. The van der Waals surface area contributed by atoms with Gasteiger partial charge < -0.3 is 4.43 Å². The van der Waals surface area contributed by atoms with Crippen LogP contribution in [0.1, 0.15) is 26.7 Å². The van der Waals surface area contributed by atoms with Crippen LogP contribution in [0.4, 0.5) is 0 Å². The second-order valence-electron chi connectivity index (χ2n) is 6.88. The van der Waals surface area contributed by atoms with Crippen LogP contribution in [0.3, 0.4) is 0 Å². The number of hydrogen-bond acceptors (Lipinski definition) is 1. The average Bonchev–Trinajstić information content (AvgIpc) is 1.93. The largest absolute Gasteiger partial charge is 0.418 e. The third-order valence-electron chi connectivity index (χ3n) is 2.37. The van der Waals surface area contributed by atoms with Crippen molar-refractivity contribution in [3.05, 3.63) is 0 Å². The smallest absolute Gasteiger partial charge is 0.184 e. The zero-order chi connectivity index (χ0) is 12.1. The SMILES string of the molecule is CC(C)CCCO[Si](C)(C)C[Si](C)(C)C. The standard InChI is InChI=1S/C12H30OSi2/c1-12(2)9-8-10-13-15(6,7)11-14(3,4)5/h12H,8-11H2,1-7H3. The van der Waals surface area contributed by atoms with E-state index >= 15 is 0 Å². The fraction of sp³-hybridized carbons (Fsp3) is 1.00. The summed E-state index contributed by atoms with van der Waals surface area (Å²) in [6.07, 6.45) is 2.54. The van der Waals surface area contributed by atoms with Crippen LogP contribution in [-0.4, -0.2) is 23.0 Å². The molecule has 3 heteroatoms. The Labute approximate surface area is 98.8 Å². The predicted octanol–water partition coefficient (Wildman–Crippen LogP) is 4.52. The van der Waals surface area contributed by atoms with Gasteiger partial charge in [-0.05, 0) is 37.5 Å². The van der Waals surface area contributed by atoms with Crippen molar-refractivity contribution in [1.29, 1.82) is 0 Å². The molecular weight excluding hydrogens is 216 g/mol. The maximum atomic E-state index is 6.13. The molecule has 0 heterocycles. The van der Waals surface area contributed by atoms with Gasteiger partial charge in [0, 0.05) is 14.7 Å². The minimum atomic E-state index is -1.35. The molecule has 0 aromatic carbocycles. The minimum Gasteiger partial charge on any atom is -0.418 e. The number of hydrogen-bond donors (Lipinski definition) is 0. The Kier molecular flexibility index (Phi) is 6.37. The maximum Gasteiger partial charge on any atom is 0.184 e. The molecule has 0 atom stereocenters. The van der Waals surface area contributed by atoms with Gasteiger partial charge in [0.1, 0.15) is 0 Å². The Bertz CT molecular complexity index is 171. The van der Waals surface area contributed by atoms with Crippen molar-refractivity contribution < 1.29 is 4.43 Å². The minimum absolute atomic E-state index is 0.815. The highest BCUT2D eigenvalue weighted by atomic mass is 28.4. The van der Waals surface area contributed by atoms with E-state index in [-0.39, 0.29) is 0 Å². The van der Waals surface area contributed by atoms with Crippen LogP contribution >= 0.6 is 0 Å². The summed E-state index contributed by atoms with van der Waals surface area (Å²) in [5.74, 6) is 0.815. The van der Waals surface area contributed by atoms with Gasteiger partial charge in [0.2, 0.25) is 0 Å². The van der Waals surface area contributed by atoms with Crippen molar-refractivity contribution in [1.82, 2.24) is 0 Å². The van der Waals surface area contributed by atoms with Crippen molar-refractivity contribution in [2.24, 2.45) is 5.92 Å². The third kappa shape index (κ3) is 10.7. The molecule has 0 aromatic heterocycles. The molecule has 0 bridgehead atoms. The molecule has 0 N–H and O–H groups in total. The molecule has 0 amide bonds. The van der Waals surface area contributed by atoms with Gasteiger partial charge in [-0.1, -0.05) is 33.5 Å². The highest BCUT2D eigenvalue weighted by Gasteiger charge is 2.29. The van der Waals surface area contributed by atoms with Crippen LogP contribution in [0.5, 0.6) is 0 Å². The summed E-state index contributed by atoms with van der Waals surface area (Å²) < 4.78 is 6.13. The summed E-state index contributed by atoms with van der Waals surface area (Å²) in [7, 11) is -2.29. The molecule has 0 aromatic rings. The van der Waals surface area contributed by atoms with Crippen LogP contribution in [0, 0.1) is 5.92 Å². The molecule has 0 spiro atoms. The fourth-order valence-corrected chi connectivity index (χ4v) is 13.5. The second kappa shape index (κ2) is 6.21. The monoisotopic (exact) mass is 246 g/mol. The Balaban J connectivity index is 3.74. The summed E-state index contributed by atoms with van der Waals surface area (Å²) in [6.45, 7) is 17.6. The van der Waals surface area contributed by atoms with Gasteiger partial charge in [0.15, 0.2) is 8.32 Å². The molecule has 15 heavy (non-hydrogen) atoms. The summed E-state index contributed by atoms with van der Waals surface area (Å²) in [6, 6.07) is 0. The van der Waals surface area contributed by atoms with E-state index in [1.54, 1.807) is 0 Å². The molecule has 0 aliphatic heterocycles. The lowest BCUT2D eigenvalue weighted by Gasteiger charge is -2.29. The number of rotatable bonds is 7. The quantitative estimate of drug-likeness (QED) is 0.474. The van der Waals surface area contributed by atoms with Crippen molar-refractivity contribution >= 4 is 16.4 Å². The van der Waals surface area contributed by atoms with Crippen molar-refractivity contribution in [2.45, 2.75) is 65.1 Å². The summed E-state index contributed by atoms with van der Waals surface area (Å²) in [5.41, 5.74) is 1.39. The summed E-state index contributed by atoms with van der Waals surface area (Å²) >= 11 is 0. The topological polar surface area (TPSA) is 9.23 Å². The Morgan fingerprint density at radius 1 is 1.00 bits per heavy atom. The van der Waals surface area contributed by atoms with Crippen molar-refractivity contribution in [2.75, 3.05) is 6.61 Å². The van der Waals surface area contributed by atoms with Crippen LogP contribution < -0.4 is 0 Å². The van der Waals surface area contributed by atoms with E-state index in [2.05, 4.69) is 46.6 Å². The molecule has 0 aliphatic carbocycles. The first-order valence-electron chi connectivity index (χ1n) is 6.26. The Morgan fingerprint density at radius 2 is 1.53 bits per heavy atom. The van der Waals surface area contributed by atoms with E-state index in [1.807, 2.05) is 0 Å². The first-order chi connectivity index (χ1) is 6.62. The molecule has 0 saturated heterocycles. The first kappa shape index (κ1) is 15.4.